The van der Waals surface area contributed by atoms with Gasteiger partial charge in [0.2, 0.25) is 0 Å². The largest absolute Gasteiger partial charge is 0.206 e. The van der Waals surface area contributed by atoms with Crippen LogP contribution in [-0.4, -0.2) is 10.2 Å². The van der Waals surface area contributed by atoms with Gasteiger partial charge in [0, 0.05) is 5.56 Å². The molecule has 0 unspecified atom stereocenters. The minimum atomic E-state index is -0.253. The molecule has 102 valence electrons. The van der Waals surface area contributed by atoms with Gasteiger partial charge in [-0.1, -0.05) is 33.8 Å². The third-order valence-electron chi connectivity index (χ3n) is 2.68. The van der Waals surface area contributed by atoms with Gasteiger partial charge in [-0.2, -0.15) is 10.2 Å². The molecule has 0 aliphatic heterocycles. The summed E-state index contributed by atoms with van der Waals surface area (Å²) < 4.78 is 13.7. The Hall–Kier alpha value is -1.77. The van der Waals surface area contributed by atoms with Crippen molar-refractivity contribution < 1.29 is 4.39 Å². The molecule has 3 heteroatoms. The lowest BCUT2D eigenvalue weighted by Crippen LogP contribution is -1.97. The lowest BCUT2D eigenvalue weighted by Gasteiger charge is -2.06. The number of rotatable bonds is 2. The smallest absolute Gasteiger partial charge is 0.132 e. The molecule has 0 saturated heterocycles. The van der Waals surface area contributed by atoms with Crippen molar-refractivity contribution in [2.45, 2.75) is 40.5 Å². The molecule has 0 radical (unpaired) electrons. The SMILES string of the molecule is CC.Cc1ccc(-c2ccc(C(C)C)nn2)c(F)c1. The zero-order valence-corrected chi connectivity index (χ0v) is 12.2. The first-order valence-corrected chi connectivity index (χ1v) is 6.68. The maximum Gasteiger partial charge on any atom is 0.132 e. The average Bonchev–Trinajstić information content (AvgIpc) is 2.41. The molecule has 0 bridgehead atoms. The number of aromatic nitrogens is 2. The molecular weight excluding hydrogens is 239 g/mol. The maximum atomic E-state index is 13.7. The highest BCUT2D eigenvalue weighted by Crippen LogP contribution is 2.22. The fourth-order valence-electron chi connectivity index (χ4n) is 1.62. The van der Waals surface area contributed by atoms with Gasteiger partial charge in [-0.25, -0.2) is 4.39 Å². The first-order valence-electron chi connectivity index (χ1n) is 6.68. The van der Waals surface area contributed by atoms with Gasteiger partial charge in [-0.05, 0) is 42.7 Å². The number of halogens is 1. The summed E-state index contributed by atoms with van der Waals surface area (Å²) in [6.07, 6.45) is 0. The molecule has 19 heavy (non-hydrogen) atoms. The van der Waals surface area contributed by atoms with E-state index in [9.17, 15) is 4.39 Å². The molecule has 0 atom stereocenters. The zero-order chi connectivity index (χ0) is 14.4. The molecule has 0 fully saturated rings. The molecule has 1 heterocycles. The minimum absolute atomic E-state index is 0.253. The van der Waals surface area contributed by atoms with Crippen LogP contribution in [0.15, 0.2) is 30.3 Å². The summed E-state index contributed by atoms with van der Waals surface area (Å²) >= 11 is 0. The fraction of sp³-hybridized carbons (Fsp3) is 0.375. The highest BCUT2D eigenvalue weighted by atomic mass is 19.1. The lowest BCUT2D eigenvalue weighted by molar-refractivity contribution is 0.629. The third kappa shape index (κ3) is 3.85. The van der Waals surface area contributed by atoms with Gasteiger partial charge < -0.3 is 0 Å². The quantitative estimate of drug-likeness (QED) is 0.779. The van der Waals surface area contributed by atoms with E-state index < -0.39 is 0 Å². The van der Waals surface area contributed by atoms with Gasteiger partial charge in [-0.15, -0.1) is 0 Å². The second-order valence-corrected chi connectivity index (χ2v) is 4.48. The number of hydrogen-bond donors (Lipinski definition) is 0. The molecule has 2 aromatic rings. The highest BCUT2D eigenvalue weighted by molar-refractivity contribution is 5.59. The second-order valence-electron chi connectivity index (χ2n) is 4.48. The van der Waals surface area contributed by atoms with E-state index in [-0.39, 0.29) is 5.82 Å². The van der Waals surface area contributed by atoms with Crippen molar-refractivity contribution in [3.8, 4) is 11.3 Å². The van der Waals surface area contributed by atoms with E-state index in [0.29, 0.717) is 17.2 Å². The van der Waals surface area contributed by atoms with Crippen molar-refractivity contribution >= 4 is 0 Å². The van der Waals surface area contributed by atoms with Crippen LogP contribution in [0.4, 0.5) is 4.39 Å². The molecule has 0 aliphatic carbocycles. The second kappa shape index (κ2) is 6.98. The number of aryl methyl sites for hydroxylation is 1. The van der Waals surface area contributed by atoms with Crippen LogP contribution in [0, 0.1) is 12.7 Å². The van der Waals surface area contributed by atoms with Crippen LogP contribution >= 0.6 is 0 Å². The predicted octanol–water partition coefficient (Wildman–Crippen LogP) is 4.74. The Morgan fingerprint density at radius 2 is 1.68 bits per heavy atom. The molecule has 0 amide bonds. The summed E-state index contributed by atoms with van der Waals surface area (Å²) in [5.41, 5.74) is 2.89. The van der Waals surface area contributed by atoms with Crippen molar-refractivity contribution in [3.05, 3.63) is 47.4 Å². The summed E-state index contributed by atoms with van der Waals surface area (Å²) in [6, 6.07) is 8.83. The molecule has 2 rings (SSSR count). The highest BCUT2D eigenvalue weighted by Gasteiger charge is 2.08. The van der Waals surface area contributed by atoms with Gasteiger partial charge in [0.15, 0.2) is 0 Å². The van der Waals surface area contributed by atoms with Gasteiger partial charge >= 0.3 is 0 Å². The van der Waals surface area contributed by atoms with E-state index in [1.54, 1.807) is 6.07 Å². The number of benzene rings is 1. The third-order valence-corrected chi connectivity index (χ3v) is 2.68. The molecular formula is C16H21FN2. The van der Waals surface area contributed by atoms with E-state index >= 15 is 0 Å². The van der Waals surface area contributed by atoms with Gasteiger partial charge in [-0.3, -0.25) is 0 Å². The monoisotopic (exact) mass is 260 g/mol. The maximum absolute atomic E-state index is 13.7. The van der Waals surface area contributed by atoms with Crippen LogP contribution in [0.1, 0.15) is 44.9 Å². The summed E-state index contributed by atoms with van der Waals surface area (Å²) in [5.74, 6) is 0.0796. The first-order chi connectivity index (χ1) is 9.08. The molecule has 1 aromatic heterocycles. The first kappa shape index (κ1) is 15.3. The summed E-state index contributed by atoms with van der Waals surface area (Å²) in [6.45, 7) is 9.96. The molecule has 1 aromatic carbocycles. The standard InChI is InChI=1S/C14H15FN2.C2H6/c1-9(2)13-6-7-14(17-16-13)11-5-4-10(3)8-12(11)15;1-2/h4-9H,1-3H3;1-2H3. The predicted molar refractivity (Wildman–Crippen MR) is 77.6 cm³/mol. The molecule has 0 spiro atoms. The van der Waals surface area contributed by atoms with Crippen LogP contribution in [0.2, 0.25) is 0 Å². The Bertz CT molecular complexity index is 519. The van der Waals surface area contributed by atoms with E-state index in [2.05, 4.69) is 24.0 Å². The van der Waals surface area contributed by atoms with Crippen LogP contribution in [0.3, 0.4) is 0 Å². The molecule has 2 nitrogen and oxygen atoms in total. The Kier molecular flexibility index (Phi) is 5.61. The van der Waals surface area contributed by atoms with Crippen molar-refractivity contribution in [1.82, 2.24) is 10.2 Å². The van der Waals surface area contributed by atoms with Crippen molar-refractivity contribution in [2.24, 2.45) is 0 Å². The lowest BCUT2D eigenvalue weighted by atomic mass is 10.1. The normalized spacial score (nSPS) is 10.1. The zero-order valence-electron chi connectivity index (χ0n) is 12.2. The Morgan fingerprint density at radius 3 is 2.16 bits per heavy atom. The van der Waals surface area contributed by atoms with Crippen LogP contribution in [0.25, 0.3) is 11.3 Å². The summed E-state index contributed by atoms with van der Waals surface area (Å²) in [7, 11) is 0. The minimum Gasteiger partial charge on any atom is -0.206 e. The summed E-state index contributed by atoms with van der Waals surface area (Å²) in [5, 5.41) is 8.17. The average molecular weight is 260 g/mol. The van der Waals surface area contributed by atoms with Crippen molar-refractivity contribution in [3.63, 3.8) is 0 Å². The molecule has 0 saturated carbocycles. The molecule has 0 aliphatic rings. The van der Waals surface area contributed by atoms with E-state index in [0.717, 1.165) is 11.3 Å². The van der Waals surface area contributed by atoms with Crippen molar-refractivity contribution in [2.75, 3.05) is 0 Å². The Balaban J connectivity index is 0.000000861. The van der Waals surface area contributed by atoms with Gasteiger partial charge in [0.05, 0.1) is 11.4 Å². The van der Waals surface area contributed by atoms with E-state index in [4.69, 9.17) is 0 Å². The Morgan fingerprint density at radius 1 is 1.00 bits per heavy atom. The van der Waals surface area contributed by atoms with Crippen LogP contribution in [0.5, 0.6) is 0 Å². The van der Waals surface area contributed by atoms with Crippen molar-refractivity contribution in [1.29, 1.82) is 0 Å². The van der Waals surface area contributed by atoms with Crippen LogP contribution in [-0.2, 0) is 0 Å². The number of nitrogens with zero attached hydrogens (tertiary/aromatic N) is 2. The van der Waals surface area contributed by atoms with Gasteiger partial charge in [0.1, 0.15) is 5.82 Å². The topological polar surface area (TPSA) is 25.8 Å². The van der Waals surface area contributed by atoms with E-state index in [1.807, 2.05) is 39.0 Å². The van der Waals surface area contributed by atoms with E-state index in [1.165, 1.54) is 6.07 Å². The van der Waals surface area contributed by atoms with Gasteiger partial charge in [0.25, 0.3) is 0 Å². The Labute approximate surface area is 114 Å². The summed E-state index contributed by atoms with van der Waals surface area (Å²) in [4.78, 5) is 0. The van der Waals surface area contributed by atoms with Crippen LogP contribution < -0.4 is 0 Å². The molecule has 0 N–H and O–H groups in total. The number of hydrogen-bond acceptors (Lipinski definition) is 2. The fourth-order valence-corrected chi connectivity index (χ4v) is 1.62.